The first kappa shape index (κ1) is 18.1. The van der Waals surface area contributed by atoms with Crippen LogP contribution >= 0.6 is 0 Å². The summed E-state index contributed by atoms with van der Waals surface area (Å²) in [4.78, 5) is 14.1. The van der Waals surface area contributed by atoms with Crippen LogP contribution in [0, 0.1) is 5.92 Å². The first-order valence-corrected chi connectivity index (χ1v) is 9.74. The van der Waals surface area contributed by atoms with Crippen LogP contribution in [-0.2, 0) is 13.0 Å². The van der Waals surface area contributed by atoms with E-state index in [1.165, 1.54) is 11.8 Å². The standard InChI is InChI=1S/C19H32N6/c1-5-6-10-25-19-17(16(22-25)13-15(2)3)18(20-14-21-19)24-9-7-8-23(4)11-12-24/h14-15H,5-13H2,1-4H3. The number of hydrogen-bond acceptors (Lipinski definition) is 5. The van der Waals surface area contributed by atoms with Gasteiger partial charge in [0, 0.05) is 26.2 Å². The van der Waals surface area contributed by atoms with E-state index in [0.717, 1.165) is 69.1 Å². The van der Waals surface area contributed by atoms with Crippen molar-refractivity contribution in [1.82, 2.24) is 24.6 Å². The van der Waals surface area contributed by atoms with E-state index in [0.29, 0.717) is 5.92 Å². The summed E-state index contributed by atoms with van der Waals surface area (Å²) in [6.45, 7) is 12.0. The minimum Gasteiger partial charge on any atom is -0.355 e. The van der Waals surface area contributed by atoms with Gasteiger partial charge in [-0.1, -0.05) is 27.2 Å². The van der Waals surface area contributed by atoms with Crippen LogP contribution in [0.2, 0.25) is 0 Å². The van der Waals surface area contributed by atoms with Gasteiger partial charge in [0.15, 0.2) is 5.65 Å². The maximum atomic E-state index is 4.94. The van der Waals surface area contributed by atoms with Gasteiger partial charge >= 0.3 is 0 Å². The van der Waals surface area contributed by atoms with E-state index in [4.69, 9.17) is 10.1 Å². The fourth-order valence-electron chi connectivity index (χ4n) is 3.56. The first-order valence-electron chi connectivity index (χ1n) is 9.74. The minimum absolute atomic E-state index is 0.570. The quantitative estimate of drug-likeness (QED) is 0.806. The molecular formula is C19H32N6. The lowest BCUT2D eigenvalue weighted by molar-refractivity contribution is 0.360. The van der Waals surface area contributed by atoms with Crippen molar-refractivity contribution in [3.05, 3.63) is 12.0 Å². The number of aromatic nitrogens is 4. The number of likely N-dealkylation sites (N-methyl/N-ethyl adjacent to an activating group) is 1. The topological polar surface area (TPSA) is 50.1 Å². The second kappa shape index (κ2) is 8.13. The molecule has 6 heteroatoms. The highest BCUT2D eigenvalue weighted by molar-refractivity contribution is 5.90. The molecule has 1 saturated heterocycles. The smallest absolute Gasteiger partial charge is 0.163 e. The van der Waals surface area contributed by atoms with Crippen LogP contribution in [0.3, 0.4) is 0 Å². The van der Waals surface area contributed by atoms with Crippen molar-refractivity contribution in [2.75, 3.05) is 38.1 Å². The molecule has 1 aliphatic heterocycles. The SMILES string of the molecule is CCCCn1nc(CC(C)C)c2c(N3CCCN(C)CC3)ncnc21. The van der Waals surface area contributed by atoms with Gasteiger partial charge < -0.3 is 9.80 Å². The predicted molar refractivity (Wildman–Crippen MR) is 103 cm³/mol. The average molecular weight is 345 g/mol. The zero-order chi connectivity index (χ0) is 17.8. The van der Waals surface area contributed by atoms with Crippen molar-refractivity contribution < 1.29 is 0 Å². The molecule has 0 aliphatic carbocycles. The van der Waals surface area contributed by atoms with Gasteiger partial charge in [0.25, 0.3) is 0 Å². The lowest BCUT2D eigenvalue weighted by Crippen LogP contribution is -2.29. The van der Waals surface area contributed by atoms with Crippen molar-refractivity contribution in [1.29, 1.82) is 0 Å². The van der Waals surface area contributed by atoms with Gasteiger partial charge in [0.05, 0.1) is 11.1 Å². The predicted octanol–water partition coefficient (Wildman–Crippen LogP) is 2.97. The molecule has 138 valence electrons. The van der Waals surface area contributed by atoms with E-state index in [-0.39, 0.29) is 0 Å². The lowest BCUT2D eigenvalue weighted by Gasteiger charge is -2.22. The summed E-state index contributed by atoms with van der Waals surface area (Å²) in [5, 5.41) is 6.12. The molecule has 0 amide bonds. The molecule has 3 rings (SSSR count). The maximum Gasteiger partial charge on any atom is 0.163 e. The van der Waals surface area contributed by atoms with E-state index in [2.05, 4.69) is 47.3 Å². The fourth-order valence-corrected chi connectivity index (χ4v) is 3.56. The Balaban J connectivity index is 2.03. The normalized spacial score (nSPS) is 16.8. The van der Waals surface area contributed by atoms with Crippen molar-refractivity contribution >= 4 is 16.9 Å². The third-order valence-electron chi connectivity index (χ3n) is 4.93. The van der Waals surface area contributed by atoms with E-state index in [1.807, 2.05) is 0 Å². The Labute approximate surface area is 151 Å². The van der Waals surface area contributed by atoms with Gasteiger partial charge in [-0.05, 0) is 38.8 Å². The highest BCUT2D eigenvalue weighted by Gasteiger charge is 2.22. The van der Waals surface area contributed by atoms with Gasteiger partial charge in [0.1, 0.15) is 12.1 Å². The second-order valence-corrected chi connectivity index (χ2v) is 7.66. The fraction of sp³-hybridized carbons (Fsp3) is 0.737. The first-order chi connectivity index (χ1) is 12.1. The van der Waals surface area contributed by atoms with Gasteiger partial charge in [-0.25, -0.2) is 14.6 Å². The van der Waals surface area contributed by atoms with Gasteiger partial charge in [0.2, 0.25) is 0 Å². The summed E-state index contributed by atoms with van der Waals surface area (Å²) in [6, 6.07) is 0. The Morgan fingerprint density at radius 1 is 1.12 bits per heavy atom. The summed E-state index contributed by atoms with van der Waals surface area (Å²) < 4.78 is 2.10. The number of rotatable bonds is 6. The Kier molecular flexibility index (Phi) is 5.89. The highest BCUT2D eigenvalue weighted by atomic mass is 15.3. The third kappa shape index (κ3) is 4.11. The molecule has 0 radical (unpaired) electrons. The number of nitrogens with zero attached hydrogens (tertiary/aromatic N) is 6. The molecule has 0 spiro atoms. The third-order valence-corrected chi connectivity index (χ3v) is 4.93. The molecule has 2 aromatic heterocycles. The van der Waals surface area contributed by atoms with Gasteiger partial charge in [-0.15, -0.1) is 0 Å². The summed E-state index contributed by atoms with van der Waals surface area (Å²) in [6.07, 6.45) is 6.16. The number of aryl methyl sites for hydroxylation is 1. The van der Waals surface area contributed by atoms with Crippen molar-refractivity contribution in [3.63, 3.8) is 0 Å². The van der Waals surface area contributed by atoms with Crippen LogP contribution in [0.15, 0.2) is 6.33 Å². The van der Waals surface area contributed by atoms with Crippen molar-refractivity contribution in [2.45, 2.75) is 53.0 Å². The highest BCUT2D eigenvalue weighted by Crippen LogP contribution is 2.29. The number of fused-ring (bicyclic) bond motifs is 1. The molecule has 0 bridgehead atoms. The number of anilines is 1. The molecule has 6 nitrogen and oxygen atoms in total. The summed E-state index contributed by atoms with van der Waals surface area (Å²) in [5.41, 5.74) is 2.17. The van der Waals surface area contributed by atoms with E-state index >= 15 is 0 Å². The monoisotopic (exact) mass is 344 g/mol. The van der Waals surface area contributed by atoms with E-state index in [1.54, 1.807) is 6.33 Å². The molecule has 0 aromatic carbocycles. The molecule has 0 N–H and O–H groups in total. The summed E-state index contributed by atoms with van der Waals surface area (Å²) >= 11 is 0. The van der Waals surface area contributed by atoms with E-state index < -0.39 is 0 Å². The van der Waals surface area contributed by atoms with Crippen LogP contribution in [0.25, 0.3) is 11.0 Å². The summed E-state index contributed by atoms with van der Waals surface area (Å²) in [5.74, 6) is 1.65. The van der Waals surface area contributed by atoms with Crippen molar-refractivity contribution in [3.8, 4) is 0 Å². The number of hydrogen-bond donors (Lipinski definition) is 0. The zero-order valence-electron chi connectivity index (χ0n) is 16.2. The minimum atomic E-state index is 0.570. The maximum absolute atomic E-state index is 4.94. The van der Waals surface area contributed by atoms with Crippen LogP contribution in [-0.4, -0.2) is 57.9 Å². The molecule has 0 atom stereocenters. The molecule has 0 unspecified atom stereocenters. The van der Waals surface area contributed by atoms with Gasteiger partial charge in [-0.2, -0.15) is 5.10 Å². The molecule has 25 heavy (non-hydrogen) atoms. The Morgan fingerprint density at radius 3 is 2.72 bits per heavy atom. The Hall–Kier alpha value is -1.69. The van der Waals surface area contributed by atoms with Crippen LogP contribution < -0.4 is 4.90 Å². The lowest BCUT2D eigenvalue weighted by atomic mass is 10.1. The van der Waals surface area contributed by atoms with Gasteiger partial charge in [-0.3, -0.25) is 0 Å². The van der Waals surface area contributed by atoms with Crippen molar-refractivity contribution in [2.24, 2.45) is 5.92 Å². The molecule has 0 saturated carbocycles. The van der Waals surface area contributed by atoms with E-state index in [9.17, 15) is 0 Å². The molecule has 2 aromatic rings. The number of unbranched alkanes of at least 4 members (excludes halogenated alkanes) is 1. The van der Waals surface area contributed by atoms with Crippen LogP contribution in [0.4, 0.5) is 5.82 Å². The Morgan fingerprint density at radius 2 is 1.96 bits per heavy atom. The van der Waals surface area contributed by atoms with Crippen LogP contribution in [0.5, 0.6) is 0 Å². The molecule has 3 heterocycles. The average Bonchev–Trinajstić information content (AvgIpc) is 2.77. The summed E-state index contributed by atoms with van der Waals surface area (Å²) in [7, 11) is 2.20. The van der Waals surface area contributed by atoms with Crippen LogP contribution in [0.1, 0.15) is 45.7 Å². The second-order valence-electron chi connectivity index (χ2n) is 7.66. The zero-order valence-corrected chi connectivity index (χ0v) is 16.2. The molecule has 1 aliphatic rings. The molecule has 1 fully saturated rings. The Bertz CT molecular complexity index is 693. The molecular weight excluding hydrogens is 312 g/mol. The largest absolute Gasteiger partial charge is 0.355 e.